The van der Waals surface area contributed by atoms with Crippen molar-refractivity contribution in [2.75, 3.05) is 6.54 Å². The Balaban J connectivity index is 2.81. The summed E-state index contributed by atoms with van der Waals surface area (Å²) < 4.78 is 0. The summed E-state index contributed by atoms with van der Waals surface area (Å²) in [4.78, 5) is 4.04. The summed E-state index contributed by atoms with van der Waals surface area (Å²) in [5, 5.41) is 0. The fourth-order valence-corrected chi connectivity index (χ4v) is 1.27. The van der Waals surface area contributed by atoms with Crippen LogP contribution in [0.2, 0.25) is 0 Å². The van der Waals surface area contributed by atoms with Gasteiger partial charge >= 0.3 is 0 Å². The number of guanidine groups is 1. The van der Waals surface area contributed by atoms with Crippen LogP contribution in [0.4, 0.5) is 0 Å². The highest BCUT2D eigenvalue weighted by molar-refractivity contribution is 5.75. The molecule has 3 nitrogen and oxygen atoms in total. The van der Waals surface area contributed by atoms with Gasteiger partial charge in [-0.05, 0) is 5.56 Å². The van der Waals surface area contributed by atoms with Gasteiger partial charge in [-0.25, -0.2) is 0 Å². The monoisotopic (exact) mass is 191 g/mol. The fourth-order valence-electron chi connectivity index (χ4n) is 1.27. The Morgan fingerprint density at radius 3 is 2.29 bits per heavy atom. The molecule has 0 atom stereocenters. The molecule has 0 aromatic heterocycles. The number of rotatable bonds is 3. The first-order valence-corrected chi connectivity index (χ1v) is 4.63. The molecule has 0 heterocycles. The van der Waals surface area contributed by atoms with Gasteiger partial charge in [0.1, 0.15) is 0 Å². The van der Waals surface area contributed by atoms with E-state index in [4.69, 9.17) is 11.5 Å². The maximum Gasteiger partial charge on any atom is 0.185 e. The molecule has 0 aliphatic carbocycles. The summed E-state index contributed by atoms with van der Waals surface area (Å²) in [6.07, 6.45) is 0. The zero-order valence-electron chi connectivity index (χ0n) is 8.70. The minimum absolute atomic E-state index is 0.0226. The van der Waals surface area contributed by atoms with E-state index in [2.05, 4.69) is 31.0 Å². The van der Waals surface area contributed by atoms with E-state index < -0.39 is 0 Å². The summed E-state index contributed by atoms with van der Waals surface area (Å²) in [6.45, 7) is 4.85. The second kappa shape index (κ2) is 4.13. The van der Waals surface area contributed by atoms with E-state index in [-0.39, 0.29) is 11.4 Å². The van der Waals surface area contributed by atoms with Crippen molar-refractivity contribution in [3.05, 3.63) is 35.9 Å². The van der Waals surface area contributed by atoms with Crippen molar-refractivity contribution in [3.63, 3.8) is 0 Å². The molecule has 0 bridgehead atoms. The van der Waals surface area contributed by atoms with E-state index in [0.717, 1.165) is 0 Å². The zero-order chi connectivity index (χ0) is 10.6. The molecule has 0 unspecified atom stereocenters. The van der Waals surface area contributed by atoms with Gasteiger partial charge in [0.2, 0.25) is 0 Å². The number of nitrogens with zero attached hydrogens (tertiary/aromatic N) is 1. The lowest BCUT2D eigenvalue weighted by atomic mass is 9.85. The third-order valence-corrected chi connectivity index (χ3v) is 2.21. The molecule has 3 heteroatoms. The van der Waals surface area contributed by atoms with Gasteiger partial charge in [-0.15, -0.1) is 0 Å². The largest absolute Gasteiger partial charge is 0.370 e. The van der Waals surface area contributed by atoms with Crippen molar-refractivity contribution in [1.29, 1.82) is 0 Å². The quantitative estimate of drug-likeness (QED) is 0.557. The Hall–Kier alpha value is -1.51. The van der Waals surface area contributed by atoms with E-state index in [1.54, 1.807) is 0 Å². The van der Waals surface area contributed by atoms with Crippen molar-refractivity contribution in [3.8, 4) is 0 Å². The van der Waals surface area contributed by atoms with Gasteiger partial charge in [-0.2, -0.15) is 0 Å². The Morgan fingerprint density at radius 2 is 1.79 bits per heavy atom. The van der Waals surface area contributed by atoms with Gasteiger partial charge in [0, 0.05) is 5.41 Å². The Kier molecular flexibility index (Phi) is 3.12. The number of aliphatic imine (C=N–C) groups is 1. The molecule has 0 spiro atoms. The highest BCUT2D eigenvalue weighted by Crippen LogP contribution is 2.22. The van der Waals surface area contributed by atoms with E-state index >= 15 is 0 Å². The SMILES string of the molecule is CC(C)(CN=C(N)N)c1ccccc1. The lowest BCUT2D eigenvalue weighted by Gasteiger charge is -2.22. The summed E-state index contributed by atoms with van der Waals surface area (Å²) in [5.41, 5.74) is 11.8. The number of hydrogen-bond acceptors (Lipinski definition) is 1. The van der Waals surface area contributed by atoms with Gasteiger partial charge in [0.05, 0.1) is 6.54 Å². The highest BCUT2D eigenvalue weighted by Gasteiger charge is 2.19. The van der Waals surface area contributed by atoms with Crippen LogP contribution in [0, 0.1) is 0 Å². The van der Waals surface area contributed by atoms with Gasteiger partial charge in [0.25, 0.3) is 0 Å². The van der Waals surface area contributed by atoms with E-state index in [0.29, 0.717) is 6.54 Å². The van der Waals surface area contributed by atoms with Crippen LogP contribution in [-0.4, -0.2) is 12.5 Å². The van der Waals surface area contributed by atoms with Crippen molar-refractivity contribution < 1.29 is 0 Å². The molecule has 1 aromatic rings. The summed E-state index contributed by atoms with van der Waals surface area (Å²) >= 11 is 0. The Morgan fingerprint density at radius 1 is 1.21 bits per heavy atom. The maximum absolute atomic E-state index is 5.31. The normalized spacial score (nSPS) is 11.0. The summed E-state index contributed by atoms with van der Waals surface area (Å²) in [5.74, 6) is 0.147. The molecule has 1 aromatic carbocycles. The maximum atomic E-state index is 5.31. The lowest BCUT2D eigenvalue weighted by molar-refractivity contribution is 0.540. The molecule has 0 aliphatic rings. The first-order chi connectivity index (χ1) is 6.52. The van der Waals surface area contributed by atoms with Crippen molar-refractivity contribution >= 4 is 5.96 Å². The summed E-state index contributed by atoms with van der Waals surface area (Å²) in [7, 11) is 0. The average Bonchev–Trinajstić information content (AvgIpc) is 2.16. The first-order valence-electron chi connectivity index (χ1n) is 4.63. The molecule has 0 fully saturated rings. The molecule has 0 saturated carbocycles. The number of nitrogens with two attached hydrogens (primary N) is 2. The lowest BCUT2D eigenvalue weighted by Crippen LogP contribution is -2.28. The Labute approximate surface area is 84.8 Å². The topological polar surface area (TPSA) is 64.4 Å². The molecule has 0 aliphatic heterocycles. The van der Waals surface area contributed by atoms with E-state index in [9.17, 15) is 0 Å². The molecule has 1 rings (SSSR count). The van der Waals surface area contributed by atoms with Crippen molar-refractivity contribution in [2.45, 2.75) is 19.3 Å². The van der Waals surface area contributed by atoms with Gasteiger partial charge in [0.15, 0.2) is 5.96 Å². The molecule has 14 heavy (non-hydrogen) atoms. The second-order valence-corrected chi connectivity index (χ2v) is 3.99. The van der Waals surface area contributed by atoms with Gasteiger partial charge < -0.3 is 11.5 Å². The van der Waals surface area contributed by atoms with E-state index in [1.807, 2.05) is 18.2 Å². The van der Waals surface area contributed by atoms with Crippen LogP contribution >= 0.6 is 0 Å². The molecule has 0 saturated heterocycles. The van der Waals surface area contributed by atoms with Crippen LogP contribution in [0.1, 0.15) is 19.4 Å². The Bertz CT molecular complexity index is 311. The standard InChI is InChI=1S/C11H17N3/c1-11(2,8-14-10(12)13)9-6-4-3-5-7-9/h3-7H,8H2,1-2H3,(H4,12,13,14). The van der Waals surface area contributed by atoms with Crippen molar-refractivity contribution in [2.24, 2.45) is 16.5 Å². The van der Waals surface area contributed by atoms with Crippen LogP contribution < -0.4 is 11.5 Å². The fraction of sp³-hybridized carbons (Fsp3) is 0.364. The third-order valence-electron chi connectivity index (χ3n) is 2.21. The minimum atomic E-state index is -0.0226. The van der Waals surface area contributed by atoms with Crippen LogP contribution in [0.15, 0.2) is 35.3 Å². The second-order valence-electron chi connectivity index (χ2n) is 3.99. The highest BCUT2D eigenvalue weighted by atomic mass is 15.0. The first kappa shape index (κ1) is 10.6. The van der Waals surface area contributed by atoms with Crippen LogP contribution in [0.5, 0.6) is 0 Å². The predicted molar refractivity (Wildman–Crippen MR) is 60.1 cm³/mol. The van der Waals surface area contributed by atoms with Gasteiger partial charge in [-0.3, -0.25) is 4.99 Å². The smallest absolute Gasteiger partial charge is 0.185 e. The zero-order valence-corrected chi connectivity index (χ0v) is 8.70. The van der Waals surface area contributed by atoms with Crippen LogP contribution in [0.25, 0.3) is 0 Å². The molecular weight excluding hydrogens is 174 g/mol. The summed E-state index contributed by atoms with van der Waals surface area (Å²) in [6, 6.07) is 10.2. The number of benzene rings is 1. The van der Waals surface area contributed by atoms with Gasteiger partial charge in [-0.1, -0.05) is 44.2 Å². The third kappa shape index (κ3) is 2.76. The van der Waals surface area contributed by atoms with Crippen molar-refractivity contribution in [1.82, 2.24) is 0 Å². The minimum Gasteiger partial charge on any atom is -0.370 e. The van der Waals surface area contributed by atoms with Crippen LogP contribution in [-0.2, 0) is 5.41 Å². The number of hydrogen-bond donors (Lipinski definition) is 2. The molecule has 76 valence electrons. The molecular formula is C11H17N3. The van der Waals surface area contributed by atoms with E-state index in [1.165, 1.54) is 5.56 Å². The predicted octanol–water partition coefficient (Wildman–Crippen LogP) is 1.24. The molecule has 0 amide bonds. The molecule has 4 N–H and O–H groups in total. The average molecular weight is 191 g/mol. The molecule has 0 radical (unpaired) electrons. The van der Waals surface area contributed by atoms with Crippen LogP contribution in [0.3, 0.4) is 0 Å².